The molecule has 0 aromatic heterocycles. The summed E-state index contributed by atoms with van der Waals surface area (Å²) in [6, 6.07) is -0.628. The highest BCUT2D eigenvalue weighted by molar-refractivity contribution is 14.1. The summed E-state index contributed by atoms with van der Waals surface area (Å²) >= 11 is 2.05. The molecule has 0 aromatic rings. The monoisotopic (exact) mass is 482 g/mol. The average Bonchev–Trinajstić information content (AvgIpc) is 2.73. The molecule has 2 rings (SSSR count). The lowest BCUT2D eigenvalue weighted by Crippen LogP contribution is -2.55. The Bertz CT molecular complexity index is 541. The molecule has 0 bridgehead atoms. The summed E-state index contributed by atoms with van der Waals surface area (Å²) in [5.74, 6) is -1.65. The Kier molecular flexibility index (Phi) is 7.83. The van der Waals surface area contributed by atoms with Gasteiger partial charge in [-0.15, -0.1) is 0 Å². The quantitative estimate of drug-likeness (QED) is 0.480. The number of aliphatic hydroxyl groups is 1. The molecule has 3 N–H and O–H groups in total. The van der Waals surface area contributed by atoms with Crippen LogP contribution in [0.15, 0.2) is 10.2 Å². The number of hydrogen-bond acceptors (Lipinski definition) is 6. The number of amides is 2. The van der Waals surface area contributed by atoms with Crippen molar-refractivity contribution in [3.63, 3.8) is 0 Å². The SMILES string of the molecule is CO[C@@H](C(=O)N[C@H]1CCCCNC1=O)[C@H](O)[C@H]1OC(C)(C)O[C@@H]1/C=C/I. The minimum Gasteiger partial charge on any atom is -0.387 e. The van der Waals surface area contributed by atoms with Gasteiger partial charge in [0.2, 0.25) is 5.91 Å². The normalized spacial score (nSPS) is 31.3. The molecule has 0 spiro atoms. The van der Waals surface area contributed by atoms with E-state index in [1.807, 2.05) is 0 Å². The lowest BCUT2D eigenvalue weighted by atomic mass is 10.0. The first kappa shape index (κ1) is 21.5. The molecule has 148 valence electrons. The van der Waals surface area contributed by atoms with Crippen LogP contribution in [0.5, 0.6) is 0 Å². The number of ether oxygens (including phenoxy) is 3. The van der Waals surface area contributed by atoms with Crippen molar-refractivity contribution in [3.05, 3.63) is 10.2 Å². The van der Waals surface area contributed by atoms with Crippen LogP contribution in [-0.2, 0) is 23.8 Å². The second kappa shape index (κ2) is 9.45. The van der Waals surface area contributed by atoms with E-state index in [9.17, 15) is 14.7 Å². The van der Waals surface area contributed by atoms with Gasteiger partial charge in [0.25, 0.3) is 5.91 Å². The van der Waals surface area contributed by atoms with E-state index in [0.29, 0.717) is 13.0 Å². The van der Waals surface area contributed by atoms with Gasteiger partial charge in [-0.3, -0.25) is 9.59 Å². The lowest BCUT2D eigenvalue weighted by molar-refractivity contribution is -0.169. The van der Waals surface area contributed by atoms with Gasteiger partial charge in [-0.25, -0.2) is 0 Å². The molecule has 2 amide bonds. The minimum atomic E-state index is -1.26. The van der Waals surface area contributed by atoms with Crippen LogP contribution in [-0.4, -0.2) is 66.8 Å². The van der Waals surface area contributed by atoms with Crippen molar-refractivity contribution in [1.29, 1.82) is 0 Å². The molecule has 0 aliphatic carbocycles. The molecule has 2 aliphatic heterocycles. The molecule has 0 saturated carbocycles. The minimum absolute atomic E-state index is 0.215. The number of carbonyl (C=O) groups excluding carboxylic acids is 2. The van der Waals surface area contributed by atoms with E-state index < -0.39 is 42.2 Å². The van der Waals surface area contributed by atoms with Crippen LogP contribution >= 0.6 is 22.6 Å². The standard InChI is InChI=1S/C17H27IN2O6/c1-17(2)25-11(7-8-18)13(26-17)12(21)14(24-3)16(23)20-10-6-4-5-9-19-15(10)22/h7-8,10-14,21H,4-6,9H2,1-3H3,(H,19,22)(H,20,23)/b8-7+/t10-,11+,12+,13-,14+/m0/s1. The Morgan fingerprint density at radius 3 is 2.85 bits per heavy atom. The fraction of sp³-hybridized carbons (Fsp3) is 0.765. The number of nitrogens with one attached hydrogen (secondary N) is 2. The van der Waals surface area contributed by atoms with Gasteiger partial charge in [0, 0.05) is 13.7 Å². The van der Waals surface area contributed by atoms with Gasteiger partial charge in [0.1, 0.15) is 24.4 Å². The molecule has 2 saturated heterocycles. The maximum Gasteiger partial charge on any atom is 0.252 e. The molecule has 0 aromatic carbocycles. The summed E-state index contributed by atoms with van der Waals surface area (Å²) in [4.78, 5) is 24.7. The largest absolute Gasteiger partial charge is 0.387 e. The summed E-state index contributed by atoms with van der Waals surface area (Å²) in [6.45, 7) is 4.09. The predicted molar refractivity (Wildman–Crippen MR) is 103 cm³/mol. The molecule has 2 fully saturated rings. The number of rotatable bonds is 6. The van der Waals surface area contributed by atoms with Crippen molar-refractivity contribution in [2.24, 2.45) is 0 Å². The van der Waals surface area contributed by atoms with Gasteiger partial charge in [0.05, 0.1) is 0 Å². The van der Waals surface area contributed by atoms with Crippen molar-refractivity contribution >= 4 is 34.4 Å². The van der Waals surface area contributed by atoms with Gasteiger partial charge < -0.3 is 30.0 Å². The van der Waals surface area contributed by atoms with Crippen LogP contribution < -0.4 is 10.6 Å². The molecule has 2 heterocycles. The maximum absolute atomic E-state index is 12.6. The molecular weight excluding hydrogens is 455 g/mol. The van der Waals surface area contributed by atoms with E-state index in [1.54, 1.807) is 24.0 Å². The second-order valence-corrected chi connectivity index (χ2v) is 7.60. The van der Waals surface area contributed by atoms with Crippen molar-refractivity contribution in [1.82, 2.24) is 10.6 Å². The third-order valence-electron chi connectivity index (χ3n) is 4.44. The van der Waals surface area contributed by atoms with Crippen molar-refractivity contribution in [2.75, 3.05) is 13.7 Å². The zero-order valence-corrected chi connectivity index (χ0v) is 17.4. The van der Waals surface area contributed by atoms with E-state index in [2.05, 4.69) is 33.2 Å². The summed E-state index contributed by atoms with van der Waals surface area (Å²) in [5.41, 5.74) is 0. The number of methoxy groups -OCH3 is 1. The molecular formula is C17H27IN2O6. The Morgan fingerprint density at radius 2 is 2.19 bits per heavy atom. The first-order valence-corrected chi connectivity index (χ1v) is 9.95. The summed E-state index contributed by atoms with van der Waals surface area (Å²) in [7, 11) is 1.34. The van der Waals surface area contributed by atoms with Gasteiger partial charge in [-0.2, -0.15) is 0 Å². The molecule has 0 radical (unpaired) electrons. The fourth-order valence-corrected chi connectivity index (χ4v) is 3.62. The third-order valence-corrected chi connectivity index (χ3v) is 4.85. The maximum atomic E-state index is 12.6. The molecule has 0 unspecified atom stereocenters. The smallest absolute Gasteiger partial charge is 0.252 e. The van der Waals surface area contributed by atoms with E-state index in [-0.39, 0.29) is 5.91 Å². The molecule has 9 heteroatoms. The van der Waals surface area contributed by atoms with E-state index in [0.717, 1.165) is 12.8 Å². The second-order valence-electron chi connectivity index (χ2n) is 6.88. The Hall–Kier alpha value is -0.750. The van der Waals surface area contributed by atoms with Gasteiger partial charge in [-0.1, -0.05) is 22.6 Å². The first-order chi connectivity index (χ1) is 12.3. The first-order valence-electron chi connectivity index (χ1n) is 8.70. The zero-order chi connectivity index (χ0) is 19.3. The third kappa shape index (κ3) is 5.38. The summed E-state index contributed by atoms with van der Waals surface area (Å²) in [5, 5.41) is 16.2. The van der Waals surface area contributed by atoms with Crippen LogP contribution in [0.2, 0.25) is 0 Å². The van der Waals surface area contributed by atoms with E-state index in [1.165, 1.54) is 7.11 Å². The summed E-state index contributed by atoms with van der Waals surface area (Å²) in [6.07, 6.45) is 0.305. The van der Waals surface area contributed by atoms with E-state index >= 15 is 0 Å². The van der Waals surface area contributed by atoms with Gasteiger partial charge in [-0.05, 0) is 43.3 Å². The highest BCUT2D eigenvalue weighted by Crippen LogP contribution is 2.32. The zero-order valence-electron chi connectivity index (χ0n) is 15.2. The van der Waals surface area contributed by atoms with Gasteiger partial charge in [0.15, 0.2) is 11.9 Å². The van der Waals surface area contributed by atoms with Crippen LogP contribution in [0.4, 0.5) is 0 Å². The molecule has 5 atom stereocenters. The average molecular weight is 482 g/mol. The lowest BCUT2D eigenvalue weighted by Gasteiger charge is -2.28. The molecule has 8 nitrogen and oxygen atoms in total. The topological polar surface area (TPSA) is 106 Å². The Morgan fingerprint density at radius 1 is 1.46 bits per heavy atom. The van der Waals surface area contributed by atoms with Gasteiger partial charge >= 0.3 is 0 Å². The van der Waals surface area contributed by atoms with Crippen LogP contribution in [0.3, 0.4) is 0 Å². The Balaban J connectivity index is 2.07. The van der Waals surface area contributed by atoms with Crippen molar-refractivity contribution in [3.8, 4) is 0 Å². The highest BCUT2D eigenvalue weighted by Gasteiger charge is 2.47. The van der Waals surface area contributed by atoms with Crippen LogP contribution in [0.1, 0.15) is 33.1 Å². The predicted octanol–water partition coefficient (Wildman–Crippen LogP) is 0.616. The van der Waals surface area contributed by atoms with Crippen LogP contribution in [0.25, 0.3) is 0 Å². The van der Waals surface area contributed by atoms with Crippen molar-refractivity contribution in [2.45, 2.75) is 69.4 Å². The van der Waals surface area contributed by atoms with E-state index in [4.69, 9.17) is 14.2 Å². The number of carbonyl (C=O) groups is 2. The number of aliphatic hydroxyl groups excluding tert-OH is 1. The summed E-state index contributed by atoms with van der Waals surface area (Å²) < 4.78 is 18.5. The fourth-order valence-electron chi connectivity index (χ4n) is 3.21. The van der Waals surface area contributed by atoms with Crippen molar-refractivity contribution < 1.29 is 28.9 Å². The number of halogens is 1. The Labute approximate surface area is 167 Å². The molecule has 2 aliphatic rings. The van der Waals surface area contributed by atoms with Crippen LogP contribution in [0, 0.1) is 0 Å². The highest BCUT2D eigenvalue weighted by atomic mass is 127. The molecule has 26 heavy (non-hydrogen) atoms. The number of hydrogen-bond donors (Lipinski definition) is 3.